The molecule has 1 rings (SSSR count). The van der Waals surface area contributed by atoms with Crippen LogP contribution in [0.25, 0.3) is 0 Å². The number of benzene rings is 1. The molecule has 0 aliphatic carbocycles. The van der Waals surface area contributed by atoms with Gasteiger partial charge in [0, 0.05) is 6.07 Å². The summed E-state index contributed by atoms with van der Waals surface area (Å²) in [4.78, 5) is 0. The third-order valence-corrected chi connectivity index (χ3v) is 3.63. The van der Waals surface area contributed by atoms with Gasteiger partial charge in [-0.25, -0.2) is 17.2 Å². The summed E-state index contributed by atoms with van der Waals surface area (Å²) >= 11 is 5.63. The van der Waals surface area contributed by atoms with Crippen LogP contribution < -0.4 is 4.72 Å². The highest BCUT2D eigenvalue weighted by Gasteiger charge is 2.15. The molecule has 0 saturated carbocycles. The van der Waals surface area contributed by atoms with E-state index >= 15 is 0 Å². The van der Waals surface area contributed by atoms with Crippen molar-refractivity contribution in [1.82, 2.24) is 0 Å². The lowest BCUT2D eigenvalue weighted by Gasteiger charge is -2.11. The van der Waals surface area contributed by atoms with Crippen molar-refractivity contribution in [1.29, 1.82) is 0 Å². The molecule has 0 fully saturated rings. The molecule has 0 bridgehead atoms. The van der Waals surface area contributed by atoms with Gasteiger partial charge >= 0.3 is 0 Å². The van der Waals surface area contributed by atoms with E-state index in [0.717, 1.165) is 0 Å². The molecule has 0 aliphatic rings. The Kier molecular flexibility index (Phi) is 5.51. The number of ether oxygens (including phenoxy) is 1. The van der Waals surface area contributed by atoms with Gasteiger partial charge in [0.15, 0.2) is 11.6 Å². The van der Waals surface area contributed by atoms with E-state index < -0.39 is 21.7 Å². The summed E-state index contributed by atoms with van der Waals surface area (Å²) in [6, 6.07) is 1.40. The average molecular weight is 314 g/mol. The van der Waals surface area contributed by atoms with Crippen molar-refractivity contribution in [3.05, 3.63) is 28.8 Å². The van der Waals surface area contributed by atoms with E-state index in [0.29, 0.717) is 12.1 Å². The van der Waals surface area contributed by atoms with E-state index in [1.165, 1.54) is 0 Å². The number of halogens is 3. The van der Waals surface area contributed by atoms with Crippen LogP contribution in [0, 0.1) is 11.6 Å². The van der Waals surface area contributed by atoms with Crippen molar-refractivity contribution in [3.8, 4) is 0 Å². The van der Waals surface area contributed by atoms with Crippen LogP contribution in [0.15, 0.2) is 12.1 Å². The van der Waals surface area contributed by atoms with E-state index in [1.807, 2.05) is 0 Å². The Hall–Kier alpha value is -0.920. The predicted octanol–water partition coefficient (Wildman–Crippen LogP) is 2.78. The molecule has 0 atom stereocenters. The number of anilines is 1. The van der Waals surface area contributed by atoms with Crippen LogP contribution in [-0.2, 0) is 14.8 Å². The molecule has 0 aromatic heterocycles. The molecule has 4 nitrogen and oxygen atoms in total. The molecule has 8 heteroatoms. The van der Waals surface area contributed by atoms with Crippen molar-refractivity contribution in [2.75, 3.05) is 17.1 Å². The third kappa shape index (κ3) is 5.30. The molecule has 0 saturated heterocycles. The lowest BCUT2D eigenvalue weighted by molar-refractivity contribution is 0.0913. The molecule has 0 unspecified atom stereocenters. The van der Waals surface area contributed by atoms with Crippen LogP contribution in [-0.4, -0.2) is 26.9 Å². The molecular formula is C11H14ClF2NO3S. The Bertz CT molecular complexity index is 549. The zero-order valence-corrected chi connectivity index (χ0v) is 12.0. The monoisotopic (exact) mass is 313 g/mol. The predicted molar refractivity (Wildman–Crippen MR) is 69.9 cm³/mol. The first kappa shape index (κ1) is 16.1. The van der Waals surface area contributed by atoms with Gasteiger partial charge in [-0.2, -0.15) is 0 Å². The van der Waals surface area contributed by atoms with E-state index in [1.54, 1.807) is 13.8 Å². The molecule has 0 radical (unpaired) electrons. The van der Waals surface area contributed by atoms with Crippen LogP contribution in [0.1, 0.15) is 13.8 Å². The average Bonchev–Trinajstić information content (AvgIpc) is 2.24. The Morgan fingerprint density at radius 1 is 1.32 bits per heavy atom. The zero-order valence-electron chi connectivity index (χ0n) is 10.4. The van der Waals surface area contributed by atoms with E-state index in [2.05, 4.69) is 4.72 Å². The minimum absolute atomic E-state index is 0.00566. The Balaban J connectivity index is 2.76. The summed E-state index contributed by atoms with van der Waals surface area (Å²) in [5.41, 5.74) is -0.204. The summed E-state index contributed by atoms with van der Waals surface area (Å²) in [5.74, 6) is -2.63. The Labute approximate surface area is 115 Å². The minimum Gasteiger partial charge on any atom is -0.378 e. The van der Waals surface area contributed by atoms with Crippen LogP contribution in [0.3, 0.4) is 0 Å². The van der Waals surface area contributed by atoms with Gasteiger partial charge in [-0.1, -0.05) is 11.6 Å². The first-order chi connectivity index (χ1) is 8.71. The van der Waals surface area contributed by atoms with Gasteiger partial charge in [0.2, 0.25) is 10.0 Å². The second-order valence-electron chi connectivity index (χ2n) is 4.09. The van der Waals surface area contributed by atoms with Crippen molar-refractivity contribution < 1.29 is 21.9 Å². The smallest absolute Gasteiger partial charge is 0.235 e. The molecule has 0 amide bonds. The summed E-state index contributed by atoms with van der Waals surface area (Å²) < 4.78 is 56.3. The van der Waals surface area contributed by atoms with Crippen molar-refractivity contribution in [3.63, 3.8) is 0 Å². The summed E-state index contributed by atoms with van der Waals surface area (Å²) in [6.45, 7) is 3.53. The van der Waals surface area contributed by atoms with E-state index in [-0.39, 0.29) is 29.2 Å². The number of hydrogen-bond donors (Lipinski definition) is 1. The molecule has 1 aromatic rings. The lowest BCUT2D eigenvalue weighted by Crippen LogP contribution is -2.21. The first-order valence-electron chi connectivity index (χ1n) is 5.48. The van der Waals surface area contributed by atoms with Gasteiger partial charge in [-0.15, -0.1) is 0 Å². The topological polar surface area (TPSA) is 55.4 Å². The summed E-state index contributed by atoms with van der Waals surface area (Å²) in [6.07, 6.45) is -0.0953. The quantitative estimate of drug-likeness (QED) is 0.822. The summed E-state index contributed by atoms with van der Waals surface area (Å²) in [7, 11) is -3.73. The lowest BCUT2D eigenvalue weighted by atomic mass is 10.3. The molecule has 1 N–H and O–H groups in total. The zero-order chi connectivity index (χ0) is 14.6. The van der Waals surface area contributed by atoms with Gasteiger partial charge in [0.05, 0.1) is 29.2 Å². The van der Waals surface area contributed by atoms with Crippen molar-refractivity contribution in [2.24, 2.45) is 0 Å². The highest BCUT2D eigenvalue weighted by atomic mass is 35.5. The van der Waals surface area contributed by atoms with E-state index in [9.17, 15) is 17.2 Å². The molecule has 0 spiro atoms. The largest absolute Gasteiger partial charge is 0.378 e. The minimum atomic E-state index is -3.73. The maximum absolute atomic E-state index is 13.0. The fourth-order valence-corrected chi connectivity index (χ4v) is 2.39. The van der Waals surface area contributed by atoms with E-state index in [4.69, 9.17) is 16.3 Å². The van der Waals surface area contributed by atoms with Crippen LogP contribution in [0.5, 0.6) is 0 Å². The van der Waals surface area contributed by atoms with Crippen molar-refractivity contribution in [2.45, 2.75) is 20.0 Å². The van der Waals surface area contributed by atoms with Gasteiger partial charge in [0.1, 0.15) is 0 Å². The number of sulfonamides is 1. The standard InChI is InChI=1S/C11H14ClF2NO3S/c1-7(2)18-3-4-19(16,17)15-11-6-10(14)9(13)5-8(11)12/h5-7,15H,3-4H2,1-2H3. The number of rotatable bonds is 6. The van der Waals surface area contributed by atoms with Crippen LogP contribution in [0.2, 0.25) is 5.02 Å². The van der Waals surface area contributed by atoms with Gasteiger partial charge in [-0.05, 0) is 19.9 Å². The fourth-order valence-electron chi connectivity index (χ4n) is 1.21. The van der Waals surface area contributed by atoms with Gasteiger partial charge in [0.25, 0.3) is 0 Å². The van der Waals surface area contributed by atoms with Gasteiger partial charge in [-0.3, -0.25) is 4.72 Å². The molecular weight excluding hydrogens is 300 g/mol. The molecule has 1 aromatic carbocycles. The second-order valence-corrected chi connectivity index (χ2v) is 6.34. The summed E-state index contributed by atoms with van der Waals surface area (Å²) in [5, 5.41) is -0.216. The van der Waals surface area contributed by atoms with Crippen LogP contribution in [0.4, 0.5) is 14.5 Å². The normalized spacial score (nSPS) is 11.9. The Morgan fingerprint density at radius 3 is 2.47 bits per heavy atom. The van der Waals surface area contributed by atoms with Crippen molar-refractivity contribution >= 4 is 27.3 Å². The SMILES string of the molecule is CC(C)OCCS(=O)(=O)Nc1cc(F)c(F)cc1Cl. The molecule has 0 aliphatic heterocycles. The first-order valence-corrected chi connectivity index (χ1v) is 7.51. The Morgan fingerprint density at radius 2 is 1.89 bits per heavy atom. The number of nitrogens with one attached hydrogen (secondary N) is 1. The third-order valence-electron chi connectivity index (χ3n) is 2.08. The highest BCUT2D eigenvalue weighted by molar-refractivity contribution is 7.92. The highest BCUT2D eigenvalue weighted by Crippen LogP contribution is 2.25. The second kappa shape index (κ2) is 6.49. The molecule has 0 heterocycles. The molecule has 19 heavy (non-hydrogen) atoms. The number of hydrogen-bond acceptors (Lipinski definition) is 3. The van der Waals surface area contributed by atoms with Crippen LogP contribution >= 0.6 is 11.6 Å². The maximum atomic E-state index is 13.0. The molecule has 108 valence electrons. The fraction of sp³-hybridized carbons (Fsp3) is 0.455. The van der Waals surface area contributed by atoms with Gasteiger partial charge < -0.3 is 4.74 Å². The maximum Gasteiger partial charge on any atom is 0.235 e.